The second-order valence-corrected chi connectivity index (χ2v) is 7.13. The molecule has 142 valence electrons. The normalized spacial score (nSPS) is 11.0. The van der Waals surface area contributed by atoms with Crippen LogP contribution in [-0.4, -0.2) is 12.5 Å². The molecule has 3 nitrogen and oxygen atoms in total. The highest BCUT2D eigenvalue weighted by Gasteiger charge is 2.15. The Balaban J connectivity index is 1.82. The van der Waals surface area contributed by atoms with Gasteiger partial charge in [0.2, 0.25) is 5.91 Å². The Hall–Kier alpha value is -2.85. The minimum absolute atomic E-state index is 0.167. The van der Waals surface area contributed by atoms with E-state index in [-0.39, 0.29) is 11.9 Å². The number of hydrogen-bond donors (Lipinski definition) is 1. The highest BCUT2D eigenvalue weighted by Crippen LogP contribution is 2.25. The molecular weight excluding hydrogens is 414 g/mol. The Labute approximate surface area is 174 Å². The number of halogens is 1. The van der Waals surface area contributed by atoms with Crippen molar-refractivity contribution in [2.24, 2.45) is 0 Å². The summed E-state index contributed by atoms with van der Waals surface area (Å²) in [6.07, 6.45) is 3.32. The van der Waals surface area contributed by atoms with Crippen LogP contribution in [0, 0.1) is 0 Å². The second kappa shape index (κ2) is 9.90. The molecule has 3 rings (SSSR count). The summed E-state index contributed by atoms with van der Waals surface area (Å²) in [7, 11) is 0. The van der Waals surface area contributed by atoms with Gasteiger partial charge in [0, 0.05) is 16.1 Å². The van der Waals surface area contributed by atoms with E-state index in [0.29, 0.717) is 6.61 Å². The van der Waals surface area contributed by atoms with E-state index in [0.717, 1.165) is 26.9 Å². The highest BCUT2D eigenvalue weighted by atomic mass is 79.9. The van der Waals surface area contributed by atoms with Crippen LogP contribution in [0.2, 0.25) is 0 Å². The molecule has 0 aliphatic heterocycles. The number of carbonyl (C=O) groups excluding carboxylic acids is 1. The summed E-state index contributed by atoms with van der Waals surface area (Å²) in [5, 5.41) is 3.11. The number of carbonyl (C=O) groups is 1. The Bertz CT molecular complexity index is 900. The topological polar surface area (TPSA) is 38.3 Å². The molecule has 3 aromatic carbocycles. The number of nitrogens with one attached hydrogen (secondary N) is 1. The Morgan fingerprint density at radius 1 is 1.00 bits per heavy atom. The minimum atomic E-state index is -0.214. The third-order valence-corrected chi connectivity index (χ3v) is 4.73. The van der Waals surface area contributed by atoms with Crippen molar-refractivity contribution in [1.82, 2.24) is 5.32 Å². The number of benzene rings is 3. The first-order valence-electron chi connectivity index (χ1n) is 9.18. The van der Waals surface area contributed by atoms with Gasteiger partial charge in [-0.1, -0.05) is 76.6 Å². The summed E-state index contributed by atoms with van der Waals surface area (Å²) in [5.74, 6) is 0.581. The van der Waals surface area contributed by atoms with E-state index in [9.17, 15) is 4.79 Å². The molecule has 0 saturated carbocycles. The van der Waals surface area contributed by atoms with E-state index >= 15 is 0 Å². The smallest absolute Gasteiger partial charge is 0.244 e. The zero-order valence-electron chi connectivity index (χ0n) is 15.6. The van der Waals surface area contributed by atoms with Crippen molar-refractivity contribution in [3.63, 3.8) is 0 Å². The predicted octanol–water partition coefficient (Wildman–Crippen LogP) is 5.77. The molecule has 0 spiro atoms. The van der Waals surface area contributed by atoms with Crippen LogP contribution in [-0.2, 0) is 4.79 Å². The average molecular weight is 436 g/mol. The van der Waals surface area contributed by atoms with Gasteiger partial charge in [0.05, 0.1) is 12.6 Å². The molecule has 0 aromatic heterocycles. The lowest BCUT2D eigenvalue weighted by Gasteiger charge is -2.19. The van der Waals surface area contributed by atoms with Crippen LogP contribution in [0.4, 0.5) is 0 Å². The molecule has 4 heteroatoms. The first kappa shape index (κ1) is 19.9. The van der Waals surface area contributed by atoms with Gasteiger partial charge in [0.15, 0.2) is 0 Å². The van der Waals surface area contributed by atoms with Crippen LogP contribution < -0.4 is 10.1 Å². The van der Waals surface area contributed by atoms with Gasteiger partial charge in [0.25, 0.3) is 0 Å². The maximum absolute atomic E-state index is 12.7. The summed E-state index contributed by atoms with van der Waals surface area (Å²) in [6.45, 7) is 2.51. The molecule has 0 radical (unpaired) electrons. The van der Waals surface area contributed by atoms with Crippen molar-refractivity contribution >= 4 is 27.9 Å². The molecule has 0 unspecified atom stereocenters. The highest BCUT2D eigenvalue weighted by molar-refractivity contribution is 9.10. The SMILES string of the molecule is CCOc1ccc(Br)cc1/C=C/C(=O)NC(c1ccccc1)c1ccccc1. The van der Waals surface area contributed by atoms with Gasteiger partial charge in [-0.3, -0.25) is 4.79 Å². The van der Waals surface area contributed by atoms with Gasteiger partial charge in [-0.25, -0.2) is 0 Å². The Kier molecular flexibility index (Phi) is 7.04. The maximum atomic E-state index is 12.7. The molecule has 0 atom stereocenters. The van der Waals surface area contributed by atoms with Gasteiger partial charge < -0.3 is 10.1 Å². The predicted molar refractivity (Wildman–Crippen MR) is 117 cm³/mol. The fourth-order valence-electron chi connectivity index (χ4n) is 2.94. The summed E-state index contributed by atoms with van der Waals surface area (Å²) < 4.78 is 6.57. The number of rotatable bonds is 7. The molecule has 1 N–H and O–H groups in total. The molecule has 28 heavy (non-hydrogen) atoms. The van der Waals surface area contributed by atoms with Crippen LogP contribution in [0.25, 0.3) is 6.08 Å². The third kappa shape index (κ3) is 5.33. The van der Waals surface area contributed by atoms with E-state index in [1.54, 1.807) is 12.2 Å². The summed E-state index contributed by atoms with van der Waals surface area (Å²) >= 11 is 3.47. The molecule has 0 aliphatic rings. The van der Waals surface area contributed by atoms with Crippen LogP contribution in [0.1, 0.15) is 29.7 Å². The second-order valence-electron chi connectivity index (χ2n) is 6.21. The summed E-state index contributed by atoms with van der Waals surface area (Å²) in [5.41, 5.74) is 2.92. The van der Waals surface area contributed by atoms with Gasteiger partial charge in [-0.05, 0) is 42.3 Å². The van der Waals surface area contributed by atoms with Crippen molar-refractivity contribution < 1.29 is 9.53 Å². The van der Waals surface area contributed by atoms with Crippen LogP contribution in [0.3, 0.4) is 0 Å². The lowest BCUT2D eigenvalue weighted by atomic mass is 9.98. The lowest BCUT2D eigenvalue weighted by Crippen LogP contribution is -2.27. The van der Waals surface area contributed by atoms with Crippen LogP contribution in [0.5, 0.6) is 5.75 Å². The fraction of sp³-hybridized carbons (Fsp3) is 0.125. The van der Waals surface area contributed by atoms with Crippen LogP contribution in [0.15, 0.2) is 89.4 Å². The van der Waals surface area contributed by atoms with E-state index in [1.165, 1.54) is 0 Å². The molecular formula is C24H22BrNO2. The summed E-state index contributed by atoms with van der Waals surface area (Å²) in [6, 6.07) is 25.4. The van der Waals surface area contributed by atoms with E-state index < -0.39 is 0 Å². The summed E-state index contributed by atoms with van der Waals surface area (Å²) in [4.78, 5) is 12.7. The number of amides is 1. The molecule has 0 aliphatic carbocycles. The fourth-order valence-corrected chi connectivity index (χ4v) is 3.32. The van der Waals surface area contributed by atoms with Gasteiger partial charge in [-0.2, -0.15) is 0 Å². The minimum Gasteiger partial charge on any atom is -0.493 e. The molecule has 1 amide bonds. The third-order valence-electron chi connectivity index (χ3n) is 4.24. The van der Waals surface area contributed by atoms with Crippen molar-refractivity contribution in [1.29, 1.82) is 0 Å². The van der Waals surface area contributed by atoms with Crippen molar-refractivity contribution in [3.05, 3.63) is 106 Å². The van der Waals surface area contributed by atoms with Gasteiger partial charge >= 0.3 is 0 Å². The first-order valence-corrected chi connectivity index (χ1v) is 9.97. The van der Waals surface area contributed by atoms with Gasteiger partial charge in [0.1, 0.15) is 5.75 Å². The van der Waals surface area contributed by atoms with Crippen molar-refractivity contribution in [2.45, 2.75) is 13.0 Å². The zero-order chi connectivity index (χ0) is 19.8. The van der Waals surface area contributed by atoms with Crippen molar-refractivity contribution in [2.75, 3.05) is 6.61 Å². The van der Waals surface area contributed by atoms with E-state index in [2.05, 4.69) is 21.2 Å². The first-order chi connectivity index (χ1) is 13.7. The van der Waals surface area contributed by atoms with Crippen molar-refractivity contribution in [3.8, 4) is 5.75 Å². The molecule has 0 bridgehead atoms. The maximum Gasteiger partial charge on any atom is 0.244 e. The number of ether oxygens (including phenoxy) is 1. The quantitative estimate of drug-likeness (QED) is 0.478. The number of hydrogen-bond acceptors (Lipinski definition) is 2. The monoisotopic (exact) mass is 435 g/mol. The zero-order valence-corrected chi connectivity index (χ0v) is 17.2. The molecule has 3 aromatic rings. The van der Waals surface area contributed by atoms with Gasteiger partial charge in [-0.15, -0.1) is 0 Å². The van der Waals surface area contributed by atoms with E-state index in [1.807, 2.05) is 85.8 Å². The average Bonchev–Trinajstić information content (AvgIpc) is 2.73. The van der Waals surface area contributed by atoms with E-state index in [4.69, 9.17) is 4.74 Å². The lowest BCUT2D eigenvalue weighted by molar-refractivity contribution is -0.116. The largest absolute Gasteiger partial charge is 0.493 e. The molecule has 0 fully saturated rings. The molecule has 0 heterocycles. The Morgan fingerprint density at radius 3 is 2.18 bits per heavy atom. The standard InChI is InChI=1S/C24H22BrNO2/c1-2-28-22-15-14-21(25)17-20(22)13-16-23(27)26-24(18-9-5-3-6-10-18)19-11-7-4-8-12-19/h3-17,24H,2H2,1H3,(H,26,27)/b16-13+. The molecule has 0 saturated heterocycles. The Morgan fingerprint density at radius 2 is 1.61 bits per heavy atom. The van der Waals surface area contributed by atoms with Crippen LogP contribution >= 0.6 is 15.9 Å².